The van der Waals surface area contributed by atoms with E-state index in [1.54, 1.807) is 42.5 Å². The summed E-state index contributed by atoms with van der Waals surface area (Å²) in [5.41, 5.74) is 7.58. The summed E-state index contributed by atoms with van der Waals surface area (Å²) in [5.74, 6) is -2.10. The standard InChI is InChI=1S/C46H60F2N5O9P/c1-5-31-15-19-34(20-16-31)43(56)50-24-10-9-13-37(42(49)55)52-45(58)39(27-33-17-21-35(22-18-33)46(47,48)62-63(59)60)53-44(57)38(26-32-11-7-6-8-12-32)51-41(54)28-61-40-25-30(4)14-23-36(40)29(2)3/h6-8,11-12,15-22,29-30,36-40H,5,9-10,13-14,23-28H2,1-4H3,(H6-,49,50,51,52,53,54,55,56,57,58,59,60)/p+1. The van der Waals surface area contributed by atoms with Crippen LogP contribution in [-0.2, 0) is 58.4 Å². The number of nitrogens with two attached hydrogens (primary N) is 1. The van der Waals surface area contributed by atoms with Crippen molar-refractivity contribution in [2.75, 3.05) is 13.2 Å². The summed E-state index contributed by atoms with van der Waals surface area (Å²) in [4.78, 5) is 75.8. The van der Waals surface area contributed by atoms with Gasteiger partial charge in [-0.1, -0.05) is 88.7 Å². The number of aryl methyl sites for hydroxylation is 1. The molecule has 1 aliphatic carbocycles. The lowest BCUT2D eigenvalue weighted by molar-refractivity contribution is -0.185. The highest BCUT2D eigenvalue weighted by Crippen LogP contribution is 2.38. The molecule has 4 rings (SSSR count). The topological polar surface area (TPSA) is 215 Å². The van der Waals surface area contributed by atoms with Crippen molar-refractivity contribution < 1.29 is 51.5 Å². The predicted molar refractivity (Wildman–Crippen MR) is 233 cm³/mol. The second-order valence-electron chi connectivity index (χ2n) is 16.6. The van der Waals surface area contributed by atoms with Gasteiger partial charge in [-0.3, -0.25) is 24.0 Å². The fourth-order valence-electron chi connectivity index (χ4n) is 7.71. The second kappa shape index (κ2) is 24.6. The van der Waals surface area contributed by atoms with Gasteiger partial charge in [-0.05, 0) is 102 Å². The van der Waals surface area contributed by atoms with Gasteiger partial charge >= 0.3 is 14.4 Å². The Balaban J connectivity index is 1.49. The number of amides is 5. The molecule has 7 N–H and O–H groups in total. The Kier molecular flexibility index (Phi) is 19.7. The molecule has 0 aliphatic heterocycles. The maximum absolute atomic E-state index is 14.4. The van der Waals surface area contributed by atoms with E-state index in [0.29, 0.717) is 42.3 Å². The zero-order chi connectivity index (χ0) is 46.1. The third kappa shape index (κ3) is 16.5. The van der Waals surface area contributed by atoms with Crippen LogP contribution in [0.2, 0.25) is 0 Å². The summed E-state index contributed by atoms with van der Waals surface area (Å²) in [6.45, 7) is 8.43. The van der Waals surface area contributed by atoms with Gasteiger partial charge in [0, 0.05) is 29.5 Å². The molecule has 1 saturated carbocycles. The zero-order valence-electron chi connectivity index (χ0n) is 36.3. The number of carbonyl (C=O) groups is 5. The van der Waals surface area contributed by atoms with E-state index in [9.17, 15) is 37.3 Å². The normalized spacial score (nSPS) is 18.1. The van der Waals surface area contributed by atoms with E-state index in [1.165, 1.54) is 12.1 Å². The van der Waals surface area contributed by atoms with E-state index < -0.39 is 61.7 Å². The lowest BCUT2D eigenvalue weighted by atomic mass is 9.75. The van der Waals surface area contributed by atoms with Crippen LogP contribution in [0.25, 0.3) is 0 Å². The van der Waals surface area contributed by atoms with Crippen molar-refractivity contribution in [2.24, 2.45) is 23.5 Å². The van der Waals surface area contributed by atoms with E-state index >= 15 is 0 Å². The first-order valence-electron chi connectivity index (χ1n) is 21.5. The number of ether oxygens (including phenoxy) is 1. The monoisotopic (exact) mass is 896 g/mol. The molecule has 5 amide bonds. The molecule has 63 heavy (non-hydrogen) atoms. The molecule has 17 heteroatoms. The Morgan fingerprint density at radius 1 is 0.825 bits per heavy atom. The number of hydrogen-bond donors (Lipinski definition) is 6. The van der Waals surface area contributed by atoms with Crippen LogP contribution in [0.4, 0.5) is 8.78 Å². The van der Waals surface area contributed by atoms with E-state index in [0.717, 1.165) is 43.4 Å². The highest BCUT2D eigenvalue weighted by Gasteiger charge is 2.43. The van der Waals surface area contributed by atoms with Crippen molar-refractivity contribution in [2.45, 2.75) is 116 Å². The smallest absolute Gasteiger partial charge is 0.368 e. The van der Waals surface area contributed by atoms with Crippen LogP contribution < -0.4 is 27.0 Å². The van der Waals surface area contributed by atoms with Crippen LogP contribution >= 0.6 is 8.25 Å². The lowest BCUT2D eigenvalue weighted by Gasteiger charge is -2.37. The van der Waals surface area contributed by atoms with Crippen molar-refractivity contribution >= 4 is 37.8 Å². The SMILES string of the molecule is CCc1ccc(C(=O)NCCCCC(NC(=O)C(Cc2ccc(C(F)(F)O[P+](=O)O)cc2)NC(=O)C(Cc2ccccc2)NC(=O)COC2CC(C)CCC2C(C)C)C(N)=O)cc1. The first kappa shape index (κ1) is 50.5. The molecule has 0 heterocycles. The quantitative estimate of drug-likeness (QED) is 0.0475. The Labute approximate surface area is 368 Å². The van der Waals surface area contributed by atoms with Crippen molar-refractivity contribution in [1.29, 1.82) is 0 Å². The average molecular weight is 897 g/mol. The number of unbranched alkanes of at least 4 members (excludes halogenated alkanes) is 1. The Bertz CT molecular complexity index is 1990. The fourth-order valence-corrected chi connectivity index (χ4v) is 8.02. The molecule has 0 aromatic heterocycles. The summed E-state index contributed by atoms with van der Waals surface area (Å²) in [5, 5.41) is 10.9. The van der Waals surface area contributed by atoms with Gasteiger partial charge in [0.1, 0.15) is 24.7 Å². The molecule has 1 fully saturated rings. The minimum absolute atomic E-state index is 0.0449. The van der Waals surface area contributed by atoms with Crippen LogP contribution in [0.15, 0.2) is 78.9 Å². The number of primary amides is 1. The van der Waals surface area contributed by atoms with Gasteiger partial charge in [-0.2, -0.15) is 8.78 Å². The minimum Gasteiger partial charge on any atom is -0.368 e. The maximum Gasteiger partial charge on any atom is 0.701 e. The summed E-state index contributed by atoms with van der Waals surface area (Å²) >= 11 is 0. The van der Waals surface area contributed by atoms with Gasteiger partial charge in [-0.15, -0.1) is 4.89 Å². The second-order valence-corrected chi connectivity index (χ2v) is 17.2. The molecule has 3 aromatic carbocycles. The number of nitrogens with one attached hydrogen (secondary N) is 4. The van der Waals surface area contributed by atoms with Crippen molar-refractivity contribution in [3.05, 3.63) is 107 Å². The van der Waals surface area contributed by atoms with Gasteiger partial charge in [0.05, 0.1) is 11.7 Å². The zero-order valence-corrected chi connectivity index (χ0v) is 37.2. The number of halogens is 2. The summed E-state index contributed by atoms with van der Waals surface area (Å²) in [7, 11) is -3.63. The van der Waals surface area contributed by atoms with Gasteiger partial charge in [0.15, 0.2) is 0 Å². The third-order valence-electron chi connectivity index (χ3n) is 11.4. The Morgan fingerprint density at radius 2 is 1.41 bits per heavy atom. The minimum atomic E-state index is -4.10. The van der Waals surface area contributed by atoms with Crippen LogP contribution in [0.3, 0.4) is 0 Å². The molecule has 7 atom stereocenters. The number of benzene rings is 3. The van der Waals surface area contributed by atoms with Crippen molar-refractivity contribution in [3.63, 3.8) is 0 Å². The van der Waals surface area contributed by atoms with E-state index in [4.69, 9.17) is 15.4 Å². The van der Waals surface area contributed by atoms with E-state index in [1.807, 2.05) is 19.1 Å². The summed E-state index contributed by atoms with van der Waals surface area (Å²) in [6, 6.07) is 16.8. The summed E-state index contributed by atoms with van der Waals surface area (Å²) in [6.07, 6.45) is 0.206. The largest absolute Gasteiger partial charge is 0.701 e. The van der Waals surface area contributed by atoms with Crippen LogP contribution in [0.5, 0.6) is 0 Å². The predicted octanol–water partition coefficient (Wildman–Crippen LogP) is 5.77. The number of hydrogen-bond acceptors (Lipinski definition) is 8. The molecule has 0 radical (unpaired) electrons. The Hall–Kier alpha value is -5.15. The van der Waals surface area contributed by atoms with Gasteiger partial charge in [0.25, 0.3) is 5.91 Å². The Morgan fingerprint density at radius 3 is 2.00 bits per heavy atom. The molecular formula is C46H61F2N5O9P+. The van der Waals surface area contributed by atoms with E-state index in [-0.39, 0.29) is 49.4 Å². The molecule has 1 aliphatic rings. The average Bonchev–Trinajstić information content (AvgIpc) is 3.24. The number of rotatable bonds is 24. The van der Waals surface area contributed by atoms with Crippen LogP contribution in [-0.4, -0.2) is 71.8 Å². The first-order valence-corrected chi connectivity index (χ1v) is 22.6. The van der Waals surface area contributed by atoms with E-state index in [2.05, 4.69) is 46.6 Å². The number of carbonyl (C=O) groups excluding carboxylic acids is 5. The molecule has 0 bridgehead atoms. The maximum atomic E-state index is 14.4. The molecule has 14 nitrogen and oxygen atoms in total. The van der Waals surface area contributed by atoms with Crippen molar-refractivity contribution in [1.82, 2.24) is 21.3 Å². The molecule has 0 spiro atoms. The molecule has 7 unspecified atom stereocenters. The number of alkyl halides is 2. The highest BCUT2D eigenvalue weighted by atomic mass is 31.1. The van der Waals surface area contributed by atoms with Gasteiger partial charge in [0.2, 0.25) is 23.6 Å². The molecule has 3 aromatic rings. The highest BCUT2D eigenvalue weighted by molar-refractivity contribution is 7.32. The van der Waals surface area contributed by atoms with Crippen LogP contribution in [0, 0.1) is 17.8 Å². The van der Waals surface area contributed by atoms with Gasteiger partial charge < -0.3 is 31.7 Å². The summed E-state index contributed by atoms with van der Waals surface area (Å²) < 4.78 is 49.9. The molecule has 0 saturated heterocycles. The third-order valence-corrected chi connectivity index (χ3v) is 11.8. The lowest BCUT2D eigenvalue weighted by Crippen LogP contribution is -2.57. The van der Waals surface area contributed by atoms with Crippen molar-refractivity contribution in [3.8, 4) is 0 Å². The molecular weight excluding hydrogens is 836 g/mol. The van der Waals surface area contributed by atoms with Crippen LogP contribution in [0.1, 0.15) is 98.8 Å². The molecule has 342 valence electrons. The first-order chi connectivity index (χ1) is 29.9. The fraction of sp³-hybridized carbons (Fsp3) is 0.500. The van der Waals surface area contributed by atoms with Gasteiger partial charge in [-0.25, -0.2) is 0 Å².